The van der Waals surface area contributed by atoms with Crippen LogP contribution in [0.5, 0.6) is 0 Å². The standard InChI is InChI=1S/C29H30N2O3/c1-19-14-22-17-34-18-30-28(22)25(15-19)27(21-10-6-3-7-11-21)24-13-12-23(29(24)30)26(16-31(32)33)20-8-4-2-5-9-20/h2-11,14-15,23-24,26-27,29H,12-13,16-18H2,1H3/t23-,24+,26-,27+,29-/m1/s1. The molecule has 0 saturated heterocycles. The quantitative estimate of drug-likeness (QED) is 0.356. The van der Waals surface area contributed by atoms with Crippen LogP contribution in [0.1, 0.15) is 52.5 Å². The van der Waals surface area contributed by atoms with Crippen LogP contribution in [0.4, 0.5) is 5.69 Å². The van der Waals surface area contributed by atoms with Crippen molar-refractivity contribution < 1.29 is 9.66 Å². The van der Waals surface area contributed by atoms with Crippen LogP contribution in [0.15, 0.2) is 72.8 Å². The molecule has 0 unspecified atom stereocenters. The van der Waals surface area contributed by atoms with E-state index in [1.807, 2.05) is 18.2 Å². The molecule has 1 saturated carbocycles. The van der Waals surface area contributed by atoms with Crippen LogP contribution in [0.3, 0.4) is 0 Å². The van der Waals surface area contributed by atoms with Crippen molar-refractivity contribution in [1.29, 1.82) is 0 Å². The molecule has 1 fully saturated rings. The normalized spacial score (nSPS) is 26.0. The summed E-state index contributed by atoms with van der Waals surface area (Å²) >= 11 is 0. The molecular weight excluding hydrogens is 424 g/mol. The van der Waals surface area contributed by atoms with E-state index in [1.54, 1.807) is 0 Å². The van der Waals surface area contributed by atoms with Crippen molar-refractivity contribution in [3.63, 3.8) is 0 Å². The second-order valence-corrected chi connectivity index (χ2v) is 10.1. The first-order chi connectivity index (χ1) is 16.6. The van der Waals surface area contributed by atoms with Crippen molar-refractivity contribution in [3.05, 3.63) is 111 Å². The molecule has 34 heavy (non-hydrogen) atoms. The summed E-state index contributed by atoms with van der Waals surface area (Å²) in [6.45, 7) is 3.32. The molecule has 2 aliphatic heterocycles. The minimum atomic E-state index is -0.127. The van der Waals surface area contributed by atoms with E-state index >= 15 is 0 Å². The minimum absolute atomic E-state index is 0.0315. The SMILES string of the molecule is Cc1cc2c3c(c1)[C@@H](c1ccccc1)[C@@H]1CC[C@H]([C@H](C[N+](=O)[O-])c4ccccc4)[C@H]1N3COC2. The number of ether oxygens (including phenoxy) is 1. The Morgan fingerprint density at radius 1 is 1.06 bits per heavy atom. The Kier molecular flexibility index (Phi) is 5.37. The molecular formula is C29H30N2O3. The Balaban J connectivity index is 1.51. The second-order valence-electron chi connectivity index (χ2n) is 10.1. The Bertz CT molecular complexity index is 1200. The van der Waals surface area contributed by atoms with Gasteiger partial charge in [-0.05, 0) is 48.3 Å². The molecule has 0 amide bonds. The average molecular weight is 455 g/mol. The smallest absolute Gasteiger partial charge is 0.211 e. The van der Waals surface area contributed by atoms with Gasteiger partial charge in [0.25, 0.3) is 0 Å². The molecule has 6 rings (SSSR count). The lowest BCUT2D eigenvalue weighted by Crippen LogP contribution is -2.52. The molecule has 174 valence electrons. The number of hydrogen-bond donors (Lipinski definition) is 0. The van der Waals surface area contributed by atoms with E-state index in [0.29, 0.717) is 25.2 Å². The largest absolute Gasteiger partial charge is 0.356 e. The number of nitro groups is 1. The van der Waals surface area contributed by atoms with Crippen molar-refractivity contribution in [1.82, 2.24) is 0 Å². The van der Waals surface area contributed by atoms with Crippen molar-refractivity contribution in [3.8, 4) is 0 Å². The van der Waals surface area contributed by atoms with Crippen LogP contribution < -0.4 is 4.90 Å². The first kappa shape index (κ1) is 21.4. The zero-order valence-electron chi connectivity index (χ0n) is 19.5. The fourth-order valence-corrected chi connectivity index (χ4v) is 7.11. The van der Waals surface area contributed by atoms with E-state index in [9.17, 15) is 10.1 Å². The molecule has 0 bridgehead atoms. The maximum absolute atomic E-state index is 11.8. The van der Waals surface area contributed by atoms with Gasteiger partial charge >= 0.3 is 0 Å². The van der Waals surface area contributed by atoms with Gasteiger partial charge in [-0.25, -0.2) is 0 Å². The van der Waals surface area contributed by atoms with Gasteiger partial charge in [-0.15, -0.1) is 0 Å². The molecule has 0 aromatic heterocycles. The number of hydrogen-bond acceptors (Lipinski definition) is 4. The molecule has 3 aromatic rings. The van der Waals surface area contributed by atoms with Gasteiger partial charge in [-0.1, -0.05) is 78.4 Å². The van der Waals surface area contributed by atoms with Gasteiger partial charge in [0, 0.05) is 28.1 Å². The zero-order valence-corrected chi connectivity index (χ0v) is 19.5. The van der Waals surface area contributed by atoms with E-state index < -0.39 is 0 Å². The Labute approximate surface area is 200 Å². The summed E-state index contributed by atoms with van der Waals surface area (Å²) in [6.07, 6.45) is 2.06. The van der Waals surface area contributed by atoms with Crippen LogP contribution in [-0.2, 0) is 11.3 Å². The lowest BCUT2D eigenvalue weighted by atomic mass is 9.70. The fraction of sp³-hybridized carbons (Fsp3) is 0.379. The molecule has 0 radical (unpaired) electrons. The number of fused-ring (bicyclic) bond motifs is 2. The van der Waals surface area contributed by atoms with Gasteiger partial charge in [0.2, 0.25) is 6.54 Å². The van der Waals surface area contributed by atoms with E-state index in [1.165, 1.54) is 27.9 Å². The van der Waals surface area contributed by atoms with Crippen LogP contribution >= 0.6 is 0 Å². The Morgan fingerprint density at radius 2 is 1.79 bits per heavy atom. The topological polar surface area (TPSA) is 55.6 Å². The molecule has 1 aliphatic carbocycles. The second kappa shape index (κ2) is 8.55. The van der Waals surface area contributed by atoms with Crippen molar-refractivity contribution in [2.75, 3.05) is 18.2 Å². The summed E-state index contributed by atoms with van der Waals surface area (Å²) in [5, 5.41) is 11.8. The van der Waals surface area contributed by atoms with Crippen LogP contribution in [0.25, 0.3) is 0 Å². The molecule has 3 aromatic carbocycles. The third kappa shape index (κ3) is 3.50. The predicted molar refractivity (Wildman–Crippen MR) is 133 cm³/mol. The molecule has 5 nitrogen and oxygen atoms in total. The van der Waals surface area contributed by atoms with Gasteiger partial charge < -0.3 is 9.64 Å². The van der Waals surface area contributed by atoms with Gasteiger partial charge in [0.1, 0.15) is 6.73 Å². The third-order valence-corrected chi connectivity index (χ3v) is 8.22. The average Bonchev–Trinajstić information content (AvgIpc) is 3.28. The minimum Gasteiger partial charge on any atom is -0.356 e. The highest BCUT2D eigenvalue weighted by molar-refractivity contribution is 5.68. The van der Waals surface area contributed by atoms with Gasteiger partial charge in [0.15, 0.2) is 0 Å². The zero-order chi connectivity index (χ0) is 23.2. The number of anilines is 1. The summed E-state index contributed by atoms with van der Waals surface area (Å²) in [6, 6.07) is 25.8. The molecule has 0 spiro atoms. The number of aryl methyl sites for hydroxylation is 1. The van der Waals surface area contributed by atoms with Crippen molar-refractivity contribution in [2.45, 2.75) is 44.2 Å². The first-order valence-corrected chi connectivity index (χ1v) is 12.3. The third-order valence-electron chi connectivity index (χ3n) is 8.22. The fourth-order valence-electron chi connectivity index (χ4n) is 7.11. The van der Waals surface area contributed by atoms with Crippen LogP contribution in [0.2, 0.25) is 0 Å². The highest BCUT2D eigenvalue weighted by Gasteiger charge is 2.53. The highest BCUT2D eigenvalue weighted by Crippen LogP contribution is 2.57. The van der Waals surface area contributed by atoms with E-state index in [-0.39, 0.29) is 29.3 Å². The van der Waals surface area contributed by atoms with Crippen LogP contribution in [0, 0.1) is 28.9 Å². The molecule has 3 aliphatic rings. The maximum Gasteiger partial charge on any atom is 0.211 e. The van der Waals surface area contributed by atoms with E-state index in [0.717, 1.165) is 18.4 Å². The molecule has 2 heterocycles. The summed E-state index contributed by atoms with van der Waals surface area (Å²) in [5.74, 6) is 0.786. The number of benzene rings is 3. The first-order valence-electron chi connectivity index (χ1n) is 12.3. The van der Waals surface area contributed by atoms with Gasteiger partial charge in [-0.2, -0.15) is 0 Å². The molecule has 5 heteroatoms. The van der Waals surface area contributed by atoms with Crippen molar-refractivity contribution in [2.24, 2.45) is 11.8 Å². The Morgan fingerprint density at radius 3 is 2.53 bits per heavy atom. The summed E-state index contributed by atoms with van der Waals surface area (Å²) in [5.41, 5.74) is 7.65. The highest BCUT2D eigenvalue weighted by atomic mass is 16.6. The molecule has 0 N–H and O–H groups in total. The summed E-state index contributed by atoms with van der Waals surface area (Å²) in [7, 11) is 0. The summed E-state index contributed by atoms with van der Waals surface area (Å²) < 4.78 is 6.10. The Hall–Kier alpha value is -3.18. The monoisotopic (exact) mass is 454 g/mol. The van der Waals surface area contributed by atoms with E-state index in [4.69, 9.17) is 4.74 Å². The van der Waals surface area contributed by atoms with Gasteiger partial charge in [-0.3, -0.25) is 10.1 Å². The number of nitrogens with zero attached hydrogens (tertiary/aromatic N) is 2. The summed E-state index contributed by atoms with van der Waals surface area (Å²) in [4.78, 5) is 14.1. The van der Waals surface area contributed by atoms with E-state index in [2.05, 4.69) is 66.4 Å². The maximum atomic E-state index is 11.8. The van der Waals surface area contributed by atoms with Gasteiger partial charge in [0.05, 0.1) is 12.5 Å². The lowest BCUT2D eigenvalue weighted by Gasteiger charge is -2.50. The lowest BCUT2D eigenvalue weighted by molar-refractivity contribution is -0.485. The number of rotatable bonds is 5. The predicted octanol–water partition coefficient (Wildman–Crippen LogP) is 5.89. The van der Waals surface area contributed by atoms with Crippen molar-refractivity contribution >= 4 is 5.69 Å². The van der Waals surface area contributed by atoms with Crippen LogP contribution in [-0.4, -0.2) is 24.2 Å². The molecule has 5 atom stereocenters.